The molecule has 2 aromatic carbocycles. The second-order valence-corrected chi connectivity index (χ2v) is 6.64. The predicted molar refractivity (Wildman–Crippen MR) is 115 cm³/mol. The van der Waals surface area contributed by atoms with E-state index in [1.54, 1.807) is 18.2 Å². The van der Waals surface area contributed by atoms with Crippen LogP contribution in [0.3, 0.4) is 0 Å². The Labute approximate surface area is 168 Å². The number of amides is 1. The first kappa shape index (κ1) is 18.4. The maximum atomic E-state index is 12.4. The Morgan fingerprint density at radius 2 is 1.83 bits per heavy atom. The molecule has 0 fully saturated rings. The summed E-state index contributed by atoms with van der Waals surface area (Å²) < 4.78 is 0. The molecule has 0 aliphatic rings. The number of hydrogen-bond acceptors (Lipinski definition) is 6. The highest BCUT2D eigenvalue weighted by Gasteiger charge is 2.12. The molecule has 0 radical (unpaired) electrons. The number of nitrogens with one attached hydrogen (secondary N) is 2. The molecule has 0 aliphatic carbocycles. The van der Waals surface area contributed by atoms with Crippen LogP contribution in [0.1, 0.15) is 28.9 Å². The van der Waals surface area contributed by atoms with E-state index in [2.05, 4.69) is 25.6 Å². The van der Waals surface area contributed by atoms with Gasteiger partial charge in [0.1, 0.15) is 18.0 Å². The van der Waals surface area contributed by atoms with E-state index >= 15 is 0 Å². The Bertz CT molecular complexity index is 1160. The average molecular weight is 384 g/mol. The zero-order chi connectivity index (χ0) is 20.2. The Hall–Kier alpha value is -4.00. The topological polar surface area (TPSA) is 106 Å². The van der Waals surface area contributed by atoms with Gasteiger partial charge in [0.2, 0.25) is 0 Å². The first-order valence-corrected chi connectivity index (χ1v) is 9.20. The number of benzene rings is 2. The van der Waals surface area contributed by atoms with Gasteiger partial charge < -0.3 is 16.4 Å². The highest BCUT2D eigenvalue weighted by Crippen LogP contribution is 2.25. The molecule has 4 rings (SSSR count). The largest absolute Gasteiger partial charge is 0.384 e. The molecule has 0 saturated carbocycles. The van der Waals surface area contributed by atoms with E-state index in [-0.39, 0.29) is 11.9 Å². The Balaban J connectivity index is 1.53. The average Bonchev–Trinajstić information content (AvgIpc) is 2.74. The highest BCUT2D eigenvalue weighted by molar-refractivity contribution is 6.04. The maximum absolute atomic E-state index is 12.4. The van der Waals surface area contributed by atoms with Gasteiger partial charge in [0.05, 0.1) is 11.4 Å². The van der Waals surface area contributed by atoms with Crippen LogP contribution in [0.15, 0.2) is 73.1 Å². The molecule has 0 bridgehead atoms. The van der Waals surface area contributed by atoms with E-state index in [1.165, 1.54) is 6.33 Å². The number of nitrogen functional groups attached to an aromatic ring is 1. The lowest BCUT2D eigenvalue weighted by Crippen LogP contribution is -2.13. The van der Waals surface area contributed by atoms with E-state index in [0.717, 1.165) is 16.6 Å². The van der Waals surface area contributed by atoms with Gasteiger partial charge >= 0.3 is 0 Å². The number of pyridine rings is 1. The van der Waals surface area contributed by atoms with Gasteiger partial charge in [0.15, 0.2) is 5.65 Å². The summed E-state index contributed by atoms with van der Waals surface area (Å²) in [5, 5.41) is 7.12. The van der Waals surface area contributed by atoms with Gasteiger partial charge in [-0.3, -0.25) is 4.79 Å². The summed E-state index contributed by atoms with van der Waals surface area (Å²) in [5.41, 5.74) is 8.63. The number of carbonyl (C=O) groups is 1. The van der Waals surface area contributed by atoms with Crippen LogP contribution in [0.5, 0.6) is 0 Å². The van der Waals surface area contributed by atoms with Gasteiger partial charge in [-0.2, -0.15) is 0 Å². The van der Waals surface area contributed by atoms with Crippen LogP contribution in [0.25, 0.3) is 11.0 Å². The standard InChI is InChI=1S/C22H20N6O/c1-14(26-20-18-10-11-19(23)28-21(18)25-13-24-20)16-8-5-9-17(12-16)27-22(29)15-6-3-2-4-7-15/h2-14H,1H3,(H,27,29)(H3,23,24,25,26,28). The molecule has 1 atom stereocenters. The fourth-order valence-corrected chi connectivity index (χ4v) is 3.04. The molecule has 4 aromatic rings. The molecule has 0 aliphatic heterocycles. The summed E-state index contributed by atoms with van der Waals surface area (Å²) in [6.07, 6.45) is 1.46. The molecule has 7 heteroatoms. The number of hydrogen-bond donors (Lipinski definition) is 3. The molecule has 4 N–H and O–H groups in total. The second-order valence-electron chi connectivity index (χ2n) is 6.64. The van der Waals surface area contributed by atoms with E-state index < -0.39 is 0 Å². The Morgan fingerprint density at radius 3 is 2.66 bits per heavy atom. The first-order chi connectivity index (χ1) is 14.1. The first-order valence-electron chi connectivity index (χ1n) is 9.20. The van der Waals surface area contributed by atoms with Gasteiger partial charge in [0.25, 0.3) is 5.91 Å². The fourth-order valence-electron chi connectivity index (χ4n) is 3.04. The number of rotatable bonds is 5. The van der Waals surface area contributed by atoms with E-state index in [1.807, 2.05) is 55.5 Å². The van der Waals surface area contributed by atoms with Gasteiger partial charge in [-0.25, -0.2) is 15.0 Å². The van der Waals surface area contributed by atoms with Crippen LogP contribution in [0, 0.1) is 0 Å². The molecule has 1 unspecified atom stereocenters. The number of carbonyl (C=O) groups excluding carboxylic acids is 1. The molecule has 1 amide bonds. The summed E-state index contributed by atoms with van der Waals surface area (Å²) in [6, 6.07) is 20.4. The van der Waals surface area contributed by atoms with Crippen molar-refractivity contribution in [2.24, 2.45) is 0 Å². The van der Waals surface area contributed by atoms with Crippen LogP contribution in [-0.4, -0.2) is 20.9 Å². The van der Waals surface area contributed by atoms with Crippen LogP contribution < -0.4 is 16.4 Å². The Kier molecular flexibility index (Phi) is 5.03. The second kappa shape index (κ2) is 7.93. The quantitative estimate of drug-likeness (QED) is 0.480. The maximum Gasteiger partial charge on any atom is 0.255 e. The Morgan fingerprint density at radius 1 is 1.00 bits per heavy atom. The summed E-state index contributed by atoms with van der Waals surface area (Å²) in [5.74, 6) is 0.944. The number of aromatic nitrogens is 3. The molecular formula is C22H20N6O. The number of nitrogens with two attached hydrogens (primary N) is 1. The molecule has 144 valence electrons. The minimum Gasteiger partial charge on any atom is -0.384 e. The summed E-state index contributed by atoms with van der Waals surface area (Å²) in [4.78, 5) is 25.1. The lowest BCUT2D eigenvalue weighted by molar-refractivity contribution is 0.102. The fraction of sp³-hybridized carbons (Fsp3) is 0.0909. The van der Waals surface area contributed by atoms with Crippen molar-refractivity contribution in [1.82, 2.24) is 15.0 Å². The van der Waals surface area contributed by atoms with E-state index in [4.69, 9.17) is 5.73 Å². The van der Waals surface area contributed by atoms with Crippen molar-refractivity contribution in [2.75, 3.05) is 16.4 Å². The van der Waals surface area contributed by atoms with Crippen LogP contribution >= 0.6 is 0 Å². The smallest absolute Gasteiger partial charge is 0.255 e. The van der Waals surface area contributed by atoms with Crippen LogP contribution in [0.4, 0.5) is 17.3 Å². The highest BCUT2D eigenvalue weighted by atomic mass is 16.1. The molecule has 29 heavy (non-hydrogen) atoms. The monoisotopic (exact) mass is 384 g/mol. The third-order valence-corrected chi connectivity index (χ3v) is 4.55. The molecule has 2 heterocycles. The van der Waals surface area contributed by atoms with Crippen molar-refractivity contribution in [3.05, 3.63) is 84.2 Å². The normalized spacial score (nSPS) is 11.8. The number of fused-ring (bicyclic) bond motifs is 1. The third kappa shape index (κ3) is 4.14. The predicted octanol–water partition coefficient (Wildman–Crippen LogP) is 4.03. The third-order valence-electron chi connectivity index (χ3n) is 4.55. The SMILES string of the molecule is CC(Nc1ncnc2nc(N)ccc12)c1cccc(NC(=O)c2ccccc2)c1. The molecule has 0 saturated heterocycles. The summed E-state index contributed by atoms with van der Waals surface area (Å²) in [6.45, 7) is 2.02. The van der Waals surface area contributed by atoms with E-state index in [0.29, 0.717) is 22.8 Å². The van der Waals surface area contributed by atoms with Gasteiger partial charge in [-0.05, 0) is 48.9 Å². The van der Waals surface area contributed by atoms with Gasteiger partial charge in [0, 0.05) is 11.3 Å². The summed E-state index contributed by atoms with van der Waals surface area (Å²) in [7, 11) is 0. The lowest BCUT2D eigenvalue weighted by Gasteiger charge is -2.17. The molecular weight excluding hydrogens is 364 g/mol. The number of anilines is 3. The molecule has 7 nitrogen and oxygen atoms in total. The van der Waals surface area contributed by atoms with Crippen LogP contribution in [0.2, 0.25) is 0 Å². The summed E-state index contributed by atoms with van der Waals surface area (Å²) >= 11 is 0. The number of nitrogens with zero attached hydrogens (tertiary/aromatic N) is 3. The van der Waals surface area contributed by atoms with Gasteiger partial charge in [-0.1, -0.05) is 30.3 Å². The van der Waals surface area contributed by atoms with Crippen molar-refractivity contribution in [2.45, 2.75) is 13.0 Å². The zero-order valence-electron chi connectivity index (χ0n) is 15.8. The molecule has 0 spiro atoms. The van der Waals surface area contributed by atoms with Crippen molar-refractivity contribution >= 4 is 34.3 Å². The van der Waals surface area contributed by atoms with E-state index in [9.17, 15) is 4.79 Å². The molecule has 2 aromatic heterocycles. The zero-order valence-corrected chi connectivity index (χ0v) is 15.8. The van der Waals surface area contributed by atoms with Crippen molar-refractivity contribution < 1.29 is 4.79 Å². The lowest BCUT2D eigenvalue weighted by atomic mass is 10.1. The van der Waals surface area contributed by atoms with Crippen molar-refractivity contribution in [3.63, 3.8) is 0 Å². The van der Waals surface area contributed by atoms with Crippen molar-refractivity contribution in [3.8, 4) is 0 Å². The minimum atomic E-state index is -0.145. The minimum absolute atomic E-state index is 0.0563. The van der Waals surface area contributed by atoms with Crippen LogP contribution in [-0.2, 0) is 0 Å². The van der Waals surface area contributed by atoms with Gasteiger partial charge in [-0.15, -0.1) is 0 Å². The van der Waals surface area contributed by atoms with Crippen molar-refractivity contribution in [1.29, 1.82) is 0 Å².